The van der Waals surface area contributed by atoms with Gasteiger partial charge in [-0.15, -0.1) is 0 Å². The van der Waals surface area contributed by atoms with E-state index < -0.39 is 5.97 Å². The van der Waals surface area contributed by atoms with E-state index in [2.05, 4.69) is 5.32 Å². The number of methoxy groups -OCH3 is 1. The zero-order chi connectivity index (χ0) is 20.4. The van der Waals surface area contributed by atoms with E-state index in [1.165, 1.54) is 0 Å². The van der Waals surface area contributed by atoms with Crippen molar-refractivity contribution in [2.24, 2.45) is 5.92 Å². The average Bonchev–Trinajstić information content (AvgIpc) is 3.46. The monoisotopic (exact) mass is 394 g/mol. The molecule has 150 valence electrons. The lowest BCUT2D eigenvalue weighted by Gasteiger charge is -2.13. The van der Waals surface area contributed by atoms with Crippen molar-refractivity contribution in [1.29, 1.82) is 0 Å². The Bertz CT molecular complexity index is 1070. The Hall–Kier alpha value is -3.48. The molecule has 1 aliphatic carbocycles. The van der Waals surface area contributed by atoms with Crippen LogP contribution in [0.15, 0.2) is 48.7 Å². The first-order valence-corrected chi connectivity index (χ1v) is 9.46. The fraction of sp³-hybridized carbons (Fsp3) is 0.273. The second-order valence-corrected chi connectivity index (χ2v) is 7.18. The van der Waals surface area contributed by atoms with Gasteiger partial charge in [0.1, 0.15) is 18.0 Å². The van der Waals surface area contributed by atoms with Crippen LogP contribution in [0.25, 0.3) is 10.9 Å². The summed E-state index contributed by atoms with van der Waals surface area (Å²) >= 11 is 0. The molecule has 29 heavy (non-hydrogen) atoms. The van der Waals surface area contributed by atoms with E-state index in [9.17, 15) is 9.59 Å². The maximum Gasteiger partial charge on any atom is 0.323 e. The lowest BCUT2D eigenvalue weighted by molar-refractivity contribution is -0.137. The molecule has 0 aliphatic heterocycles. The number of fused-ring (bicyclic) bond motifs is 1. The third kappa shape index (κ3) is 4.34. The minimum Gasteiger partial charge on any atom is -0.497 e. The predicted octanol–water partition coefficient (Wildman–Crippen LogP) is 3.78. The summed E-state index contributed by atoms with van der Waals surface area (Å²) < 4.78 is 12.8. The van der Waals surface area contributed by atoms with Gasteiger partial charge in [-0.1, -0.05) is 0 Å². The number of carboxylic acids is 1. The molecule has 0 unspecified atom stereocenters. The molecular formula is C22H22N2O5. The average molecular weight is 394 g/mol. The van der Waals surface area contributed by atoms with Gasteiger partial charge in [-0.2, -0.15) is 0 Å². The number of rotatable bonds is 8. The van der Waals surface area contributed by atoms with Crippen LogP contribution in [0.5, 0.6) is 11.5 Å². The van der Waals surface area contributed by atoms with Gasteiger partial charge in [-0.25, -0.2) is 0 Å². The van der Waals surface area contributed by atoms with Crippen LogP contribution in [0.4, 0.5) is 5.69 Å². The molecule has 0 saturated heterocycles. The molecule has 2 N–H and O–H groups in total. The second kappa shape index (κ2) is 7.87. The van der Waals surface area contributed by atoms with E-state index in [0.717, 1.165) is 23.7 Å². The van der Waals surface area contributed by atoms with E-state index in [1.807, 2.05) is 12.1 Å². The summed E-state index contributed by atoms with van der Waals surface area (Å²) in [6.07, 6.45) is 4.04. The Balaban J connectivity index is 1.54. The number of hydrogen-bond acceptors (Lipinski definition) is 4. The number of carbonyl (C=O) groups is 2. The van der Waals surface area contributed by atoms with Crippen molar-refractivity contribution >= 4 is 28.5 Å². The minimum absolute atomic E-state index is 0.108. The van der Waals surface area contributed by atoms with Crippen molar-refractivity contribution in [3.63, 3.8) is 0 Å². The van der Waals surface area contributed by atoms with Crippen LogP contribution < -0.4 is 14.8 Å². The van der Waals surface area contributed by atoms with Crippen LogP contribution >= 0.6 is 0 Å². The van der Waals surface area contributed by atoms with Crippen LogP contribution in [-0.4, -0.2) is 35.3 Å². The van der Waals surface area contributed by atoms with E-state index in [0.29, 0.717) is 35.3 Å². The number of hydrogen-bond donors (Lipinski definition) is 2. The van der Waals surface area contributed by atoms with Crippen molar-refractivity contribution in [3.8, 4) is 11.5 Å². The Morgan fingerprint density at radius 2 is 2.00 bits per heavy atom. The summed E-state index contributed by atoms with van der Waals surface area (Å²) in [5, 5.41) is 12.7. The van der Waals surface area contributed by atoms with Gasteiger partial charge in [0.15, 0.2) is 0 Å². The van der Waals surface area contributed by atoms with E-state index in [1.54, 1.807) is 48.2 Å². The van der Waals surface area contributed by atoms with Crippen molar-refractivity contribution in [1.82, 2.24) is 4.57 Å². The highest BCUT2D eigenvalue weighted by atomic mass is 16.5. The molecule has 1 aromatic heterocycles. The number of nitrogens with one attached hydrogen (secondary N) is 1. The minimum atomic E-state index is -0.905. The molecule has 0 radical (unpaired) electrons. The topological polar surface area (TPSA) is 89.8 Å². The Morgan fingerprint density at radius 1 is 1.17 bits per heavy atom. The SMILES string of the molecule is COc1ccc(C(=O)Nc2ccc3c(ccn3CC(=O)O)c2)c(OCC2CC2)c1. The van der Waals surface area contributed by atoms with Gasteiger partial charge in [0, 0.05) is 28.9 Å². The number of carbonyl (C=O) groups excluding carboxylic acids is 1. The lowest BCUT2D eigenvalue weighted by Crippen LogP contribution is -2.14. The molecule has 2 aromatic carbocycles. The van der Waals surface area contributed by atoms with Gasteiger partial charge < -0.3 is 24.5 Å². The van der Waals surface area contributed by atoms with Crippen LogP contribution in [0.2, 0.25) is 0 Å². The lowest BCUT2D eigenvalue weighted by atomic mass is 10.1. The van der Waals surface area contributed by atoms with Crippen molar-refractivity contribution in [2.45, 2.75) is 19.4 Å². The molecule has 0 atom stereocenters. The number of ether oxygens (including phenoxy) is 2. The smallest absolute Gasteiger partial charge is 0.323 e. The Morgan fingerprint density at radius 3 is 2.72 bits per heavy atom. The fourth-order valence-electron chi connectivity index (χ4n) is 3.19. The molecule has 7 nitrogen and oxygen atoms in total. The third-order valence-electron chi connectivity index (χ3n) is 4.94. The van der Waals surface area contributed by atoms with Gasteiger partial charge in [0.05, 0.1) is 19.3 Å². The molecule has 7 heteroatoms. The molecule has 1 fully saturated rings. The van der Waals surface area contributed by atoms with Gasteiger partial charge in [0.2, 0.25) is 0 Å². The zero-order valence-corrected chi connectivity index (χ0v) is 16.1. The van der Waals surface area contributed by atoms with Crippen molar-refractivity contribution in [2.75, 3.05) is 19.0 Å². The zero-order valence-electron chi connectivity index (χ0n) is 16.1. The molecule has 3 aromatic rings. The number of benzene rings is 2. The summed E-state index contributed by atoms with van der Waals surface area (Å²) in [4.78, 5) is 23.8. The van der Waals surface area contributed by atoms with E-state index in [4.69, 9.17) is 14.6 Å². The summed E-state index contributed by atoms with van der Waals surface area (Å²) in [7, 11) is 1.57. The summed E-state index contributed by atoms with van der Waals surface area (Å²) in [5.41, 5.74) is 1.86. The highest BCUT2D eigenvalue weighted by molar-refractivity contribution is 6.07. The summed E-state index contributed by atoms with van der Waals surface area (Å²) in [6.45, 7) is 0.485. The number of aliphatic carboxylic acids is 1. The molecule has 4 rings (SSSR count). The fourth-order valence-corrected chi connectivity index (χ4v) is 3.19. The highest BCUT2D eigenvalue weighted by Crippen LogP contribution is 2.32. The summed E-state index contributed by atoms with van der Waals surface area (Å²) in [6, 6.07) is 12.4. The van der Waals surface area contributed by atoms with Crippen LogP contribution in [0.1, 0.15) is 23.2 Å². The third-order valence-corrected chi connectivity index (χ3v) is 4.94. The van der Waals surface area contributed by atoms with Gasteiger partial charge >= 0.3 is 5.97 Å². The van der Waals surface area contributed by atoms with Crippen molar-refractivity contribution < 1.29 is 24.2 Å². The number of carboxylic acid groups (broad SMARTS) is 1. The second-order valence-electron chi connectivity index (χ2n) is 7.18. The number of nitrogens with zero attached hydrogens (tertiary/aromatic N) is 1. The first kappa shape index (κ1) is 18.9. The normalized spacial score (nSPS) is 13.3. The molecule has 1 amide bonds. The van der Waals surface area contributed by atoms with E-state index >= 15 is 0 Å². The van der Waals surface area contributed by atoms with Gasteiger partial charge in [-0.3, -0.25) is 9.59 Å². The molecule has 1 heterocycles. The van der Waals surface area contributed by atoms with Crippen LogP contribution in [0.3, 0.4) is 0 Å². The standard InChI is InChI=1S/C22H22N2O5/c1-28-17-5-6-18(20(11-17)29-13-14-2-3-14)22(27)23-16-4-7-19-15(10-16)8-9-24(19)12-21(25)26/h4-11,14H,2-3,12-13H2,1H3,(H,23,27)(H,25,26). The maximum atomic E-state index is 12.9. The maximum absolute atomic E-state index is 12.9. The molecule has 0 bridgehead atoms. The van der Waals surface area contributed by atoms with Crippen molar-refractivity contribution in [3.05, 3.63) is 54.2 Å². The number of amides is 1. The molecular weight excluding hydrogens is 372 g/mol. The quantitative estimate of drug-likeness (QED) is 0.607. The van der Waals surface area contributed by atoms with Gasteiger partial charge in [-0.05, 0) is 55.2 Å². The number of aromatic nitrogens is 1. The highest BCUT2D eigenvalue weighted by Gasteiger charge is 2.23. The molecule has 0 spiro atoms. The van der Waals surface area contributed by atoms with E-state index in [-0.39, 0.29) is 12.5 Å². The number of anilines is 1. The van der Waals surface area contributed by atoms with Crippen LogP contribution in [0, 0.1) is 5.92 Å². The Kier molecular flexibility index (Phi) is 5.12. The largest absolute Gasteiger partial charge is 0.497 e. The van der Waals surface area contributed by atoms with Gasteiger partial charge in [0.25, 0.3) is 5.91 Å². The van der Waals surface area contributed by atoms with Crippen LogP contribution in [-0.2, 0) is 11.3 Å². The first-order valence-electron chi connectivity index (χ1n) is 9.46. The summed E-state index contributed by atoms with van der Waals surface area (Å²) in [5.74, 6) is 0.520. The Labute approximate surface area is 167 Å². The first-order chi connectivity index (χ1) is 14.0. The molecule has 1 aliphatic rings. The molecule has 1 saturated carbocycles. The predicted molar refractivity (Wildman–Crippen MR) is 109 cm³/mol.